The molecule has 0 aliphatic carbocycles. The molecule has 1 aromatic rings. The Bertz CT molecular complexity index is 1630. The summed E-state index contributed by atoms with van der Waals surface area (Å²) in [6.45, 7) is 15.3. The van der Waals surface area contributed by atoms with E-state index < -0.39 is 114 Å². The van der Waals surface area contributed by atoms with Crippen LogP contribution in [0.3, 0.4) is 0 Å². The Balaban J connectivity index is 2.23. The molecule has 5 amide bonds. The van der Waals surface area contributed by atoms with Crippen LogP contribution in [0, 0.1) is 17.8 Å². The predicted octanol–water partition coefficient (Wildman–Crippen LogP) is 2.29. The summed E-state index contributed by atoms with van der Waals surface area (Å²) in [7, 11) is 3.13. The number of carbonyl (C=O) groups is 7. The Labute approximate surface area is 359 Å². The van der Waals surface area contributed by atoms with Crippen molar-refractivity contribution in [1.82, 2.24) is 31.5 Å². The number of aliphatic carboxylic acids is 1. The lowest BCUT2D eigenvalue weighted by molar-refractivity contribution is -0.149. The van der Waals surface area contributed by atoms with E-state index >= 15 is 0 Å². The second-order valence-electron chi connectivity index (χ2n) is 17.4. The van der Waals surface area contributed by atoms with Crippen LogP contribution in [-0.4, -0.2) is 132 Å². The minimum atomic E-state index is -1.48. The quantitative estimate of drug-likeness (QED) is 0.0782. The lowest BCUT2D eigenvalue weighted by Gasteiger charge is -2.32. The summed E-state index contributed by atoms with van der Waals surface area (Å²) in [5.41, 5.74) is -0.112. The van der Waals surface area contributed by atoms with E-state index in [4.69, 9.17) is 14.2 Å². The molecule has 0 aromatic heterocycles. The molecule has 1 saturated heterocycles. The highest BCUT2D eigenvalue weighted by Gasteiger charge is 2.39. The number of benzene rings is 1. The third-order valence-corrected chi connectivity index (χ3v) is 10.4. The van der Waals surface area contributed by atoms with Gasteiger partial charge in [0.25, 0.3) is 0 Å². The van der Waals surface area contributed by atoms with Gasteiger partial charge in [-0.05, 0) is 89.0 Å². The third kappa shape index (κ3) is 17.1. The minimum absolute atomic E-state index is 0.0311. The molecule has 0 unspecified atom stereocenters. The first-order valence-corrected chi connectivity index (χ1v) is 21.1. The number of hydrogen-bond acceptors (Lipinski definition) is 12. The number of rotatable bonds is 23. The van der Waals surface area contributed by atoms with Crippen LogP contribution >= 0.6 is 0 Å². The Kier molecular flexibility index (Phi) is 20.9. The molecule has 1 aliphatic rings. The standard InChI is InChI=1S/C43H70N6O12/c1-12-26(6)36(33(50)22-34(51)47-35(25(4)5)38(53)45-29(20-24(2)3)39(54)49-19-13-14-32(49)40(55)56)48-37(52)31(46-42(58)61-43(7,8)9)23-60-41(57)30(44-10)21-27-15-17-28(59-11)18-16-27/h15-18,24-26,29-33,35-36,44,50H,12-14,19-23H2,1-11H3,(H,45,53)(H,46,58)(H,47,51)(H,48,52)(H,55,56)/t26-,29-,30-,31-,32-,33-,35-,36+/m0/s1. The fourth-order valence-corrected chi connectivity index (χ4v) is 6.86. The summed E-state index contributed by atoms with van der Waals surface area (Å²) in [5.74, 6) is -4.74. The van der Waals surface area contributed by atoms with Crippen molar-refractivity contribution < 1.29 is 58.0 Å². The maximum Gasteiger partial charge on any atom is 0.408 e. The Morgan fingerprint density at radius 1 is 0.885 bits per heavy atom. The topological polar surface area (TPSA) is 251 Å². The van der Waals surface area contributed by atoms with Gasteiger partial charge in [-0.15, -0.1) is 0 Å². The largest absolute Gasteiger partial charge is 0.497 e. The van der Waals surface area contributed by atoms with E-state index in [0.717, 1.165) is 5.56 Å². The lowest BCUT2D eigenvalue weighted by atomic mass is 9.91. The van der Waals surface area contributed by atoms with Crippen molar-refractivity contribution in [2.24, 2.45) is 17.8 Å². The van der Waals surface area contributed by atoms with Crippen LogP contribution in [-0.2, 0) is 44.7 Å². The molecule has 1 heterocycles. The van der Waals surface area contributed by atoms with Gasteiger partial charge in [0, 0.05) is 6.54 Å². The fraction of sp³-hybridized carbons (Fsp3) is 0.698. The highest BCUT2D eigenvalue weighted by atomic mass is 16.6. The number of carbonyl (C=O) groups excluding carboxylic acids is 6. The summed E-state index contributed by atoms with van der Waals surface area (Å²) in [5, 5.41) is 34.6. The predicted molar refractivity (Wildman–Crippen MR) is 226 cm³/mol. The number of ether oxygens (including phenoxy) is 3. The fourth-order valence-electron chi connectivity index (χ4n) is 6.86. The van der Waals surface area contributed by atoms with Gasteiger partial charge in [-0.3, -0.25) is 24.0 Å². The van der Waals surface area contributed by atoms with Gasteiger partial charge in [0.15, 0.2) is 0 Å². The van der Waals surface area contributed by atoms with Crippen molar-refractivity contribution in [3.05, 3.63) is 29.8 Å². The smallest absolute Gasteiger partial charge is 0.408 e. The molecule has 18 nitrogen and oxygen atoms in total. The number of esters is 1. The zero-order valence-corrected chi connectivity index (χ0v) is 37.7. The second kappa shape index (κ2) is 24.5. The zero-order valence-electron chi connectivity index (χ0n) is 37.7. The number of likely N-dealkylation sites (N-methyl/N-ethyl adjacent to an activating group) is 1. The highest BCUT2D eigenvalue weighted by molar-refractivity contribution is 5.94. The van der Waals surface area contributed by atoms with Crippen LogP contribution in [0.25, 0.3) is 0 Å². The van der Waals surface area contributed by atoms with Crippen LogP contribution in [0.2, 0.25) is 0 Å². The van der Waals surface area contributed by atoms with Crippen molar-refractivity contribution in [3.8, 4) is 5.75 Å². The summed E-state index contributed by atoms with van der Waals surface area (Å²) < 4.78 is 16.1. The average Bonchev–Trinajstić information content (AvgIpc) is 3.68. The van der Waals surface area contributed by atoms with Gasteiger partial charge < -0.3 is 55.9 Å². The van der Waals surface area contributed by atoms with E-state index in [0.29, 0.717) is 25.0 Å². The van der Waals surface area contributed by atoms with Gasteiger partial charge in [0.1, 0.15) is 48.2 Å². The monoisotopic (exact) mass is 863 g/mol. The van der Waals surface area contributed by atoms with Crippen molar-refractivity contribution in [2.45, 2.75) is 149 Å². The van der Waals surface area contributed by atoms with E-state index in [9.17, 15) is 43.8 Å². The van der Waals surface area contributed by atoms with Crippen LogP contribution < -0.4 is 31.3 Å². The van der Waals surface area contributed by atoms with Gasteiger partial charge >= 0.3 is 18.0 Å². The summed E-state index contributed by atoms with van der Waals surface area (Å²) >= 11 is 0. The normalized spacial score (nSPS) is 17.5. The van der Waals surface area contributed by atoms with Crippen LogP contribution in [0.1, 0.15) is 100.0 Å². The van der Waals surface area contributed by atoms with Gasteiger partial charge in [0.05, 0.1) is 25.7 Å². The number of alkyl carbamates (subject to hydrolysis) is 1. The average molecular weight is 863 g/mol. The summed E-state index contributed by atoms with van der Waals surface area (Å²) in [4.78, 5) is 93.8. The first-order valence-electron chi connectivity index (χ1n) is 21.1. The molecular formula is C43H70N6O12. The first kappa shape index (κ1) is 52.2. The molecule has 8 atom stereocenters. The maximum absolute atomic E-state index is 13.9. The summed E-state index contributed by atoms with van der Waals surface area (Å²) in [6.07, 6.45) is -1.19. The number of carboxylic acids is 1. The number of methoxy groups -OCH3 is 1. The van der Waals surface area contributed by atoms with Gasteiger partial charge in [-0.25, -0.2) is 9.59 Å². The Morgan fingerprint density at radius 2 is 1.52 bits per heavy atom. The highest BCUT2D eigenvalue weighted by Crippen LogP contribution is 2.21. The van der Waals surface area contributed by atoms with Crippen molar-refractivity contribution in [2.75, 3.05) is 27.3 Å². The minimum Gasteiger partial charge on any atom is -0.497 e. The van der Waals surface area contributed by atoms with E-state index in [1.54, 1.807) is 80.0 Å². The van der Waals surface area contributed by atoms with Crippen LogP contribution in [0.15, 0.2) is 24.3 Å². The van der Waals surface area contributed by atoms with E-state index in [1.807, 2.05) is 20.8 Å². The molecule has 344 valence electrons. The molecule has 1 aliphatic heterocycles. The molecule has 18 heteroatoms. The number of carboxylic acid groups (broad SMARTS) is 1. The molecule has 0 spiro atoms. The number of aliphatic hydroxyl groups is 1. The van der Waals surface area contributed by atoms with E-state index in [-0.39, 0.29) is 25.3 Å². The SMILES string of the molecule is CC[C@H](C)[C@@H](NC(=O)[C@H](COC(=O)[C@H](Cc1ccc(OC)cc1)NC)NC(=O)OC(C)(C)C)[C@@H](O)CC(=O)N[C@H](C(=O)N[C@@H](CC(C)C)C(=O)N1CCC[C@H]1C(=O)O)C(C)C. The molecule has 7 N–H and O–H groups in total. The number of nitrogens with zero attached hydrogens (tertiary/aromatic N) is 1. The Morgan fingerprint density at radius 3 is 2.05 bits per heavy atom. The molecule has 2 rings (SSSR count). The van der Waals surface area contributed by atoms with Crippen LogP contribution in [0.5, 0.6) is 5.75 Å². The first-order chi connectivity index (χ1) is 28.5. The molecular weight excluding hydrogens is 793 g/mol. The van der Waals surface area contributed by atoms with Gasteiger partial charge in [-0.2, -0.15) is 0 Å². The van der Waals surface area contributed by atoms with E-state index in [1.165, 1.54) is 4.90 Å². The second-order valence-corrected chi connectivity index (χ2v) is 17.4. The van der Waals surface area contributed by atoms with Gasteiger partial charge in [-0.1, -0.05) is 60.1 Å². The number of likely N-dealkylation sites (tertiary alicyclic amines) is 1. The van der Waals surface area contributed by atoms with Gasteiger partial charge in [0.2, 0.25) is 23.6 Å². The number of hydrogen-bond donors (Lipinski definition) is 7. The molecule has 1 aromatic carbocycles. The van der Waals surface area contributed by atoms with Crippen molar-refractivity contribution in [1.29, 1.82) is 0 Å². The number of nitrogens with one attached hydrogen (secondary N) is 5. The third-order valence-electron chi connectivity index (χ3n) is 10.4. The Hall–Kier alpha value is -4.97. The molecule has 61 heavy (non-hydrogen) atoms. The molecule has 0 saturated carbocycles. The maximum atomic E-state index is 13.9. The number of amides is 5. The van der Waals surface area contributed by atoms with Crippen LogP contribution in [0.4, 0.5) is 4.79 Å². The summed E-state index contributed by atoms with van der Waals surface area (Å²) in [6, 6.07) is 0.666. The molecule has 0 radical (unpaired) electrons. The van der Waals surface area contributed by atoms with Crippen molar-refractivity contribution >= 4 is 41.7 Å². The lowest BCUT2D eigenvalue weighted by Crippen LogP contribution is -2.58. The number of aliphatic hydroxyl groups excluding tert-OH is 1. The molecule has 0 bridgehead atoms. The molecule has 1 fully saturated rings. The van der Waals surface area contributed by atoms with E-state index in [2.05, 4.69) is 26.6 Å². The zero-order chi connectivity index (χ0) is 46.2. The van der Waals surface area contributed by atoms with Crippen molar-refractivity contribution in [3.63, 3.8) is 0 Å².